The minimum absolute atomic E-state index is 0.0515. The van der Waals surface area contributed by atoms with Crippen LogP contribution in [-0.2, 0) is 19.1 Å². The Hall–Kier alpha value is -1.48. The molecule has 19 heavy (non-hydrogen) atoms. The van der Waals surface area contributed by atoms with Gasteiger partial charge in [0, 0.05) is 7.05 Å². The Morgan fingerprint density at radius 2 is 1.95 bits per heavy atom. The van der Waals surface area contributed by atoms with Gasteiger partial charge in [0.05, 0.1) is 6.20 Å². The van der Waals surface area contributed by atoms with Gasteiger partial charge in [0.1, 0.15) is 23.3 Å². The Morgan fingerprint density at radius 1 is 1.26 bits per heavy atom. The van der Waals surface area contributed by atoms with Gasteiger partial charge < -0.3 is 9.30 Å². The highest BCUT2D eigenvalue weighted by Gasteiger charge is 2.18. The molecule has 1 heterocycles. The third-order valence-corrected chi connectivity index (χ3v) is 3.43. The zero-order valence-corrected chi connectivity index (χ0v) is 12.5. The molecule has 0 saturated heterocycles. The van der Waals surface area contributed by atoms with Crippen LogP contribution in [0.3, 0.4) is 0 Å². The van der Waals surface area contributed by atoms with Crippen LogP contribution in [0.2, 0.25) is 5.15 Å². The first kappa shape index (κ1) is 13.9. The van der Waals surface area contributed by atoms with E-state index in [0.717, 1.165) is 11.6 Å². The number of benzene rings is 1. The van der Waals surface area contributed by atoms with Crippen LogP contribution >= 0.6 is 11.6 Å². The first-order chi connectivity index (χ1) is 8.89. The third-order valence-electron chi connectivity index (χ3n) is 3.08. The molecular formula is C15H19ClN2O. The number of para-hydroxylation sites is 1. The maximum atomic E-state index is 5.96. The van der Waals surface area contributed by atoms with Crippen molar-refractivity contribution in [3.8, 4) is 5.75 Å². The predicted molar refractivity (Wildman–Crippen MR) is 77.7 cm³/mol. The summed E-state index contributed by atoms with van der Waals surface area (Å²) in [7, 11) is 1.88. The molecule has 4 heteroatoms. The lowest BCUT2D eigenvalue weighted by atomic mass is 9.86. The van der Waals surface area contributed by atoms with E-state index in [1.54, 1.807) is 6.20 Å². The highest BCUT2D eigenvalue weighted by molar-refractivity contribution is 6.29. The van der Waals surface area contributed by atoms with Crippen LogP contribution in [0.1, 0.15) is 32.2 Å². The van der Waals surface area contributed by atoms with E-state index in [2.05, 4.69) is 31.8 Å². The van der Waals surface area contributed by atoms with Gasteiger partial charge in [0.25, 0.3) is 0 Å². The zero-order chi connectivity index (χ0) is 14.0. The molecule has 0 amide bonds. The highest BCUT2D eigenvalue weighted by Crippen LogP contribution is 2.31. The number of halogens is 1. The quantitative estimate of drug-likeness (QED) is 0.850. The number of hydrogen-bond donors (Lipinski definition) is 0. The first-order valence-corrected chi connectivity index (χ1v) is 6.66. The van der Waals surface area contributed by atoms with Crippen LogP contribution < -0.4 is 4.74 Å². The number of hydrogen-bond acceptors (Lipinski definition) is 2. The number of imidazole rings is 1. The fraction of sp³-hybridized carbons (Fsp3) is 0.400. The molecule has 0 aliphatic carbocycles. The van der Waals surface area contributed by atoms with Crippen LogP contribution in [0.4, 0.5) is 0 Å². The second-order valence-corrected chi connectivity index (χ2v) is 5.98. The molecule has 0 saturated carbocycles. The van der Waals surface area contributed by atoms with Gasteiger partial charge >= 0.3 is 0 Å². The molecule has 0 bridgehead atoms. The van der Waals surface area contributed by atoms with E-state index in [1.165, 1.54) is 5.56 Å². The van der Waals surface area contributed by atoms with Gasteiger partial charge in [-0.3, -0.25) is 0 Å². The Bertz CT molecular complexity index is 570. The molecule has 0 fully saturated rings. The molecule has 0 atom stereocenters. The van der Waals surface area contributed by atoms with Crippen molar-refractivity contribution in [2.75, 3.05) is 0 Å². The minimum atomic E-state index is 0.0515. The van der Waals surface area contributed by atoms with Crippen LogP contribution in [0.5, 0.6) is 5.75 Å². The predicted octanol–water partition coefficient (Wildman–Crippen LogP) is 3.95. The Balaban J connectivity index is 2.19. The molecule has 0 radical (unpaired) electrons. The smallest absolute Gasteiger partial charge is 0.147 e. The van der Waals surface area contributed by atoms with E-state index < -0.39 is 0 Å². The molecule has 0 aliphatic rings. The van der Waals surface area contributed by atoms with Crippen LogP contribution in [0, 0.1) is 0 Å². The molecule has 2 rings (SSSR count). The second kappa shape index (κ2) is 5.25. The van der Waals surface area contributed by atoms with E-state index in [1.807, 2.05) is 29.8 Å². The lowest BCUT2D eigenvalue weighted by molar-refractivity contribution is 0.284. The van der Waals surface area contributed by atoms with E-state index >= 15 is 0 Å². The van der Waals surface area contributed by atoms with E-state index in [-0.39, 0.29) is 5.41 Å². The molecular weight excluding hydrogens is 260 g/mol. The summed E-state index contributed by atoms with van der Waals surface area (Å²) in [5.41, 5.74) is 1.24. The summed E-state index contributed by atoms with van der Waals surface area (Å²) in [6, 6.07) is 8.10. The lowest BCUT2D eigenvalue weighted by Gasteiger charge is -2.22. The lowest BCUT2D eigenvalue weighted by Crippen LogP contribution is -2.14. The van der Waals surface area contributed by atoms with Crippen molar-refractivity contribution in [3.05, 3.63) is 47.0 Å². The van der Waals surface area contributed by atoms with Gasteiger partial charge in [-0.1, -0.05) is 50.6 Å². The maximum absolute atomic E-state index is 5.96. The summed E-state index contributed by atoms with van der Waals surface area (Å²) < 4.78 is 7.72. The summed E-state index contributed by atoms with van der Waals surface area (Å²) in [5, 5.41) is 0.614. The van der Waals surface area contributed by atoms with Gasteiger partial charge in [0.2, 0.25) is 0 Å². The summed E-state index contributed by atoms with van der Waals surface area (Å²) in [4.78, 5) is 4.23. The average molecular weight is 279 g/mol. The van der Waals surface area contributed by atoms with Crippen molar-refractivity contribution >= 4 is 11.6 Å². The first-order valence-electron chi connectivity index (χ1n) is 6.28. The summed E-state index contributed by atoms with van der Waals surface area (Å²) in [6.45, 7) is 6.93. The van der Waals surface area contributed by atoms with Crippen molar-refractivity contribution in [3.63, 3.8) is 0 Å². The number of ether oxygens (including phenoxy) is 1. The van der Waals surface area contributed by atoms with Crippen molar-refractivity contribution in [1.29, 1.82) is 0 Å². The summed E-state index contributed by atoms with van der Waals surface area (Å²) in [6.07, 6.45) is 1.63. The normalized spacial score (nSPS) is 11.6. The molecule has 1 aromatic carbocycles. The fourth-order valence-corrected chi connectivity index (χ4v) is 2.06. The largest absolute Gasteiger partial charge is 0.485 e. The van der Waals surface area contributed by atoms with E-state index in [4.69, 9.17) is 16.3 Å². The Kier molecular flexibility index (Phi) is 3.85. The van der Waals surface area contributed by atoms with Gasteiger partial charge in [-0.15, -0.1) is 0 Å². The van der Waals surface area contributed by atoms with E-state index in [0.29, 0.717) is 11.8 Å². The topological polar surface area (TPSA) is 27.1 Å². The molecule has 0 spiro atoms. The Morgan fingerprint density at radius 3 is 2.53 bits per heavy atom. The van der Waals surface area contributed by atoms with Gasteiger partial charge in [-0.2, -0.15) is 0 Å². The van der Waals surface area contributed by atoms with Crippen LogP contribution in [0.15, 0.2) is 30.5 Å². The minimum Gasteiger partial charge on any atom is -0.485 e. The Labute approximate surface area is 119 Å². The fourth-order valence-electron chi connectivity index (χ4n) is 1.91. The van der Waals surface area contributed by atoms with E-state index in [9.17, 15) is 0 Å². The highest BCUT2D eigenvalue weighted by atomic mass is 35.5. The molecule has 102 valence electrons. The van der Waals surface area contributed by atoms with Crippen LogP contribution in [0.25, 0.3) is 0 Å². The summed E-state index contributed by atoms with van der Waals surface area (Å²) in [5.74, 6) is 1.71. The molecule has 0 aliphatic heterocycles. The average Bonchev–Trinajstić information content (AvgIpc) is 2.67. The number of rotatable bonds is 3. The zero-order valence-electron chi connectivity index (χ0n) is 11.8. The molecule has 1 aromatic heterocycles. The van der Waals surface area contributed by atoms with Crippen LogP contribution in [-0.4, -0.2) is 9.55 Å². The molecule has 0 unspecified atom stereocenters. The molecule has 0 N–H and O–H groups in total. The number of nitrogens with zero attached hydrogens (tertiary/aromatic N) is 2. The van der Waals surface area contributed by atoms with Crippen molar-refractivity contribution in [2.24, 2.45) is 7.05 Å². The van der Waals surface area contributed by atoms with Crippen molar-refractivity contribution < 1.29 is 4.74 Å². The number of aromatic nitrogens is 2. The maximum Gasteiger partial charge on any atom is 0.147 e. The monoisotopic (exact) mass is 278 g/mol. The SMILES string of the molecule is Cn1c(Cl)cnc1COc1ccccc1C(C)(C)C. The standard InChI is InChI=1S/C15H19ClN2O/c1-15(2,3)11-7-5-6-8-12(11)19-10-14-17-9-13(16)18(14)4/h5-9H,10H2,1-4H3. The van der Waals surface area contributed by atoms with Gasteiger partial charge in [0.15, 0.2) is 0 Å². The van der Waals surface area contributed by atoms with Crippen molar-refractivity contribution in [2.45, 2.75) is 32.8 Å². The molecule has 3 nitrogen and oxygen atoms in total. The molecule has 2 aromatic rings. The third kappa shape index (κ3) is 3.10. The summed E-state index contributed by atoms with van der Waals surface area (Å²) >= 11 is 5.96. The van der Waals surface area contributed by atoms with Gasteiger partial charge in [-0.25, -0.2) is 4.98 Å². The second-order valence-electron chi connectivity index (χ2n) is 5.59. The van der Waals surface area contributed by atoms with Gasteiger partial charge in [-0.05, 0) is 17.0 Å². The van der Waals surface area contributed by atoms with Crippen molar-refractivity contribution in [1.82, 2.24) is 9.55 Å².